The van der Waals surface area contributed by atoms with Gasteiger partial charge < -0.3 is 0 Å². The molecule has 4 rings (SSSR count). The fourth-order valence-corrected chi connectivity index (χ4v) is 3.27. The molecule has 0 aliphatic rings. The maximum atomic E-state index is 2.25. The van der Waals surface area contributed by atoms with E-state index in [-0.39, 0.29) is 0 Å². The highest BCUT2D eigenvalue weighted by atomic mass is 14.2. The van der Waals surface area contributed by atoms with Gasteiger partial charge in [0, 0.05) is 0 Å². The molecule has 23 heavy (non-hydrogen) atoms. The summed E-state index contributed by atoms with van der Waals surface area (Å²) in [6.07, 6.45) is 0. The molecule has 0 heteroatoms. The van der Waals surface area contributed by atoms with Gasteiger partial charge in [-0.1, -0.05) is 91.0 Å². The van der Waals surface area contributed by atoms with Crippen molar-refractivity contribution in [2.45, 2.75) is 6.92 Å². The van der Waals surface area contributed by atoms with Crippen LogP contribution >= 0.6 is 0 Å². The first-order chi connectivity index (χ1) is 11.3. The van der Waals surface area contributed by atoms with Gasteiger partial charge in [0.2, 0.25) is 0 Å². The molecule has 4 aromatic carbocycles. The highest BCUT2D eigenvalue weighted by Gasteiger charge is 2.12. The number of hydrogen-bond donors (Lipinski definition) is 0. The molecule has 0 spiro atoms. The van der Waals surface area contributed by atoms with Crippen LogP contribution in [0.25, 0.3) is 33.0 Å². The summed E-state index contributed by atoms with van der Waals surface area (Å²) in [5, 5.41) is 2.59. The van der Waals surface area contributed by atoms with E-state index < -0.39 is 0 Å². The van der Waals surface area contributed by atoms with Crippen LogP contribution in [-0.2, 0) is 0 Å². The molecular formula is C23H18. The standard InChI is InChI=1S/C23H18/c1-17-9-5-7-13-20(17)23-21-14-8-6-12-19(21)15-16-22(23)18-10-3-2-4-11-18/h2-16H,1H3. The van der Waals surface area contributed by atoms with Crippen molar-refractivity contribution < 1.29 is 0 Å². The van der Waals surface area contributed by atoms with Crippen LogP contribution < -0.4 is 0 Å². The van der Waals surface area contributed by atoms with Crippen LogP contribution in [0.4, 0.5) is 0 Å². The summed E-state index contributed by atoms with van der Waals surface area (Å²) in [6.45, 7) is 2.19. The Labute approximate surface area is 137 Å². The molecule has 0 aliphatic heterocycles. The van der Waals surface area contributed by atoms with E-state index in [9.17, 15) is 0 Å². The van der Waals surface area contributed by atoms with Gasteiger partial charge >= 0.3 is 0 Å². The topological polar surface area (TPSA) is 0 Å². The fourth-order valence-electron chi connectivity index (χ4n) is 3.27. The van der Waals surface area contributed by atoms with Crippen molar-refractivity contribution in [1.29, 1.82) is 0 Å². The Morgan fingerprint density at radius 1 is 0.522 bits per heavy atom. The van der Waals surface area contributed by atoms with Gasteiger partial charge in [-0.2, -0.15) is 0 Å². The molecule has 0 aromatic heterocycles. The Hall–Kier alpha value is -2.86. The Morgan fingerprint density at radius 3 is 2.04 bits per heavy atom. The molecule has 0 radical (unpaired) electrons. The van der Waals surface area contributed by atoms with Crippen LogP contribution in [0, 0.1) is 6.92 Å². The lowest BCUT2D eigenvalue weighted by Gasteiger charge is -2.16. The molecule has 0 fully saturated rings. The molecule has 0 aliphatic carbocycles. The summed E-state index contributed by atoms with van der Waals surface area (Å²) in [6, 6.07) is 32.4. The summed E-state index contributed by atoms with van der Waals surface area (Å²) in [4.78, 5) is 0. The van der Waals surface area contributed by atoms with Gasteiger partial charge in [-0.05, 0) is 45.5 Å². The molecule has 0 saturated carbocycles. The first-order valence-electron chi connectivity index (χ1n) is 7.98. The largest absolute Gasteiger partial charge is 0.0622 e. The molecule has 0 saturated heterocycles. The minimum atomic E-state index is 1.26. The van der Waals surface area contributed by atoms with Crippen molar-refractivity contribution in [3.8, 4) is 22.3 Å². The van der Waals surface area contributed by atoms with Gasteiger partial charge in [-0.15, -0.1) is 0 Å². The summed E-state index contributed by atoms with van der Waals surface area (Å²) in [5.41, 5.74) is 6.49. The Kier molecular flexibility index (Phi) is 3.44. The number of aryl methyl sites for hydroxylation is 1. The summed E-state index contributed by atoms with van der Waals surface area (Å²) in [5.74, 6) is 0. The van der Waals surface area contributed by atoms with E-state index in [1.807, 2.05) is 0 Å². The van der Waals surface area contributed by atoms with E-state index in [2.05, 4.69) is 97.9 Å². The fraction of sp³-hybridized carbons (Fsp3) is 0.0435. The molecule has 0 unspecified atom stereocenters. The van der Waals surface area contributed by atoms with Gasteiger partial charge in [-0.25, -0.2) is 0 Å². The molecule has 4 aromatic rings. The van der Waals surface area contributed by atoms with Gasteiger partial charge in [0.15, 0.2) is 0 Å². The minimum absolute atomic E-state index is 1.26. The zero-order valence-electron chi connectivity index (χ0n) is 13.2. The lowest BCUT2D eigenvalue weighted by atomic mass is 9.88. The van der Waals surface area contributed by atoms with Crippen LogP contribution in [0.1, 0.15) is 5.56 Å². The summed E-state index contributed by atoms with van der Waals surface area (Å²) >= 11 is 0. The van der Waals surface area contributed by atoms with Crippen molar-refractivity contribution >= 4 is 10.8 Å². The first-order valence-corrected chi connectivity index (χ1v) is 7.98. The van der Waals surface area contributed by atoms with Crippen molar-refractivity contribution in [3.63, 3.8) is 0 Å². The molecule has 0 amide bonds. The van der Waals surface area contributed by atoms with Gasteiger partial charge in [0.1, 0.15) is 0 Å². The zero-order chi connectivity index (χ0) is 15.6. The Morgan fingerprint density at radius 2 is 1.22 bits per heavy atom. The lowest BCUT2D eigenvalue weighted by molar-refractivity contribution is 1.46. The van der Waals surface area contributed by atoms with E-state index >= 15 is 0 Å². The number of benzene rings is 4. The number of hydrogen-bond acceptors (Lipinski definition) is 0. The smallest absolute Gasteiger partial charge is 0.00242 e. The molecule has 0 bridgehead atoms. The van der Waals surface area contributed by atoms with E-state index in [1.165, 1.54) is 38.6 Å². The maximum absolute atomic E-state index is 2.25. The lowest BCUT2D eigenvalue weighted by Crippen LogP contribution is -1.90. The Bertz CT molecular complexity index is 965. The summed E-state index contributed by atoms with van der Waals surface area (Å²) in [7, 11) is 0. The molecule has 0 nitrogen and oxygen atoms in total. The molecule has 110 valence electrons. The highest BCUT2D eigenvalue weighted by Crippen LogP contribution is 2.39. The van der Waals surface area contributed by atoms with Gasteiger partial charge in [-0.3, -0.25) is 0 Å². The third kappa shape index (κ3) is 2.43. The predicted molar refractivity (Wildman–Crippen MR) is 99.6 cm³/mol. The SMILES string of the molecule is Cc1ccccc1-c1c(-c2ccccc2)ccc2ccccc12. The maximum Gasteiger partial charge on any atom is -0.00242 e. The first kappa shape index (κ1) is 13.8. The average Bonchev–Trinajstić information content (AvgIpc) is 2.62. The molecule has 0 N–H and O–H groups in total. The highest BCUT2D eigenvalue weighted by molar-refractivity contribution is 6.04. The average molecular weight is 294 g/mol. The van der Waals surface area contributed by atoms with Crippen LogP contribution in [0.5, 0.6) is 0 Å². The molecular weight excluding hydrogens is 276 g/mol. The van der Waals surface area contributed by atoms with Crippen molar-refractivity contribution in [3.05, 3.63) is 96.6 Å². The second-order valence-electron chi connectivity index (χ2n) is 5.89. The van der Waals surface area contributed by atoms with Crippen LogP contribution in [-0.4, -0.2) is 0 Å². The van der Waals surface area contributed by atoms with Crippen molar-refractivity contribution in [1.82, 2.24) is 0 Å². The number of rotatable bonds is 2. The van der Waals surface area contributed by atoms with E-state index in [0.717, 1.165) is 0 Å². The van der Waals surface area contributed by atoms with Crippen LogP contribution in [0.3, 0.4) is 0 Å². The second kappa shape index (κ2) is 5.73. The third-order valence-electron chi connectivity index (χ3n) is 4.43. The quantitative estimate of drug-likeness (QED) is 0.397. The zero-order valence-corrected chi connectivity index (χ0v) is 13.2. The predicted octanol–water partition coefficient (Wildman–Crippen LogP) is 6.48. The third-order valence-corrected chi connectivity index (χ3v) is 4.43. The molecule has 0 heterocycles. The van der Waals surface area contributed by atoms with Gasteiger partial charge in [0.05, 0.1) is 0 Å². The van der Waals surface area contributed by atoms with E-state index in [1.54, 1.807) is 0 Å². The minimum Gasteiger partial charge on any atom is -0.0622 e. The van der Waals surface area contributed by atoms with Crippen molar-refractivity contribution in [2.24, 2.45) is 0 Å². The van der Waals surface area contributed by atoms with Crippen LogP contribution in [0.2, 0.25) is 0 Å². The van der Waals surface area contributed by atoms with Crippen molar-refractivity contribution in [2.75, 3.05) is 0 Å². The monoisotopic (exact) mass is 294 g/mol. The van der Waals surface area contributed by atoms with Gasteiger partial charge in [0.25, 0.3) is 0 Å². The Balaban J connectivity index is 2.12. The van der Waals surface area contributed by atoms with E-state index in [4.69, 9.17) is 0 Å². The number of fused-ring (bicyclic) bond motifs is 1. The molecule has 0 atom stereocenters. The van der Waals surface area contributed by atoms with Crippen LogP contribution in [0.15, 0.2) is 91.0 Å². The summed E-state index contributed by atoms with van der Waals surface area (Å²) < 4.78 is 0. The second-order valence-corrected chi connectivity index (χ2v) is 5.89. The van der Waals surface area contributed by atoms with E-state index in [0.29, 0.717) is 0 Å². The normalized spacial score (nSPS) is 10.8.